The van der Waals surface area contributed by atoms with Gasteiger partial charge in [-0.15, -0.1) is 0 Å². The first-order valence-electron chi connectivity index (χ1n) is 7.24. The Morgan fingerprint density at radius 3 is 2.83 bits per heavy atom. The van der Waals surface area contributed by atoms with Gasteiger partial charge in [0.1, 0.15) is 5.82 Å². The van der Waals surface area contributed by atoms with Crippen molar-refractivity contribution in [1.29, 1.82) is 0 Å². The zero-order chi connectivity index (χ0) is 12.8. The maximum absolute atomic E-state index is 5.67. The number of pyridine rings is 1. The van der Waals surface area contributed by atoms with Crippen LogP contribution in [0.4, 0.5) is 5.82 Å². The van der Waals surface area contributed by atoms with Crippen molar-refractivity contribution in [3.05, 3.63) is 23.9 Å². The highest BCUT2D eigenvalue weighted by atomic mass is 15.2. The highest BCUT2D eigenvalue weighted by Crippen LogP contribution is 2.26. The first kappa shape index (κ1) is 13.3. The number of piperidine rings is 1. The van der Waals surface area contributed by atoms with E-state index in [4.69, 9.17) is 5.73 Å². The van der Waals surface area contributed by atoms with E-state index in [1.165, 1.54) is 31.2 Å². The van der Waals surface area contributed by atoms with E-state index < -0.39 is 0 Å². The van der Waals surface area contributed by atoms with Crippen LogP contribution in [0.25, 0.3) is 0 Å². The van der Waals surface area contributed by atoms with E-state index >= 15 is 0 Å². The summed E-state index contributed by atoms with van der Waals surface area (Å²) in [5, 5.41) is 0. The number of nitrogens with two attached hydrogens (primary N) is 1. The van der Waals surface area contributed by atoms with Crippen LogP contribution in [0.15, 0.2) is 18.3 Å². The minimum Gasteiger partial charge on any atom is -0.356 e. The van der Waals surface area contributed by atoms with Gasteiger partial charge in [-0.25, -0.2) is 4.98 Å². The lowest BCUT2D eigenvalue weighted by atomic mass is 9.92. The number of nitrogens with zero attached hydrogens (tertiary/aromatic N) is 2. The molecule has 1 saturated heterocycles. The lowest BCUT2D eigenvalue weighted by molar-refractivity contribution is 0.377. The molecule has 0 amide bonds. The molecule has 1 aliphatic heterocycles. The molecule has 2 heterocycles. The van der Waals surface area contributed by atoms with Gasteiger partial charge in [0.25, 0.3) is 0 Å². The Kier molecular flexibility index (Phi) is 5.00. The molecule has 2 rings (SSSR count). The molecule has 0 spiro atoms. The fraction of sp³-hybridized carbons (Fsp3) is 0.667. The van der Waals surface area contributed by atoms with Crippen LogP contribution >= 0.6 is 0 Å². The smallest absolute Gasteiger partial charge is 0.131 e. The van der Waals surface area contributed by atoms with E-state index in [-0.39, 0.29) is 0 Å². The second-order valence-corrected chi connectivity index (χ2v) is 5.24. The van der Waals surface area contributed by atoms with Gasteiger partial charge >= 0.3 is 0 Å². The molecule has 0 atom stereocenters. The minimum atomic E-state index is 0.699. The standard InChI is InChI=1S/C15H25N3/c1-2-4-13-7-11-18(12-8-13)15-14(6-9-16)5-3-10-17-15/h3,5,10,13H,2,4,6-9,11-12,16H2,1H3. The molecule has 100 valence electrons. The molecule has 1 fully saturated rings. The Morgan fingerprint density at radius 1 is 1.39 bits per heavy atom. The van der Waals surface area contributed by atoms with E-state index in [1.54, 1.807) is 0 Å². The Bertz CT molecular complexity index is 357. The Balaban J connectivity index is 2.00. The summed E-state index contributed by atoms with van der Waals surface area (Å²) in [6.45, 7) is 5.29. The lowest BCUT2D eigenvalue weighted by Gasteiger charge is -2.33. The van der Waals surface area contributed by atoms with Gasteiger partial charge in [0.05, 0.1) is 0 Å². The fourth-order valence-corrected chi connectivity index (χ4v) is 2.91. The third-order valence-electron chi connectivity index (χ3n) is 3.89. The highest BCUT2D eigenvalue weighted by Gasteiger charge is 2.20. The second-order valence-electron chi connectivity index (χ2n) is 5.24. The summed E-state index contributed by atoms with van der Waals surface area (Å²) < 4.78 is 0. The summed E-state index contributed by atoms with van der Waals surface area (Å²) in [6, 6.07) is 4.17. The average Bonchev–Trinajstić information content (AvgIpc) is 2.41. The molecule has 1 aromatic heterocycles. The van der Waals surface area contributed by atoms with Gasteiger partial charge < -0.3 is 10.6 Å². The Labute approximate surface area is 110 Å². The minimum absolute atomic E-state index is 0.699. The van der Waals surface area contributed by atoms with E-state index in [0.717, 1.165) is 31.2 Å². The molecular formula is C15H25N3. The molecule has 0 unspecified atom stereocenters. The highest BCUT2D eigenvalue weighted by molar-refractivity contribution is 5.47. The van der Waals surface area contributed by atoms with Gasteiger partial charge in [0.15, 0.2) is 0 Å². The number of aromatic nitrogens is 1. The van der Waals surface area contributed by atoms with Crippen LogP contribution in [0.2, 0.25) is 0 Å². The van der Waals surface area contributed by atoms with Gasteiger partial charge in [-0.2, -0.15) is 0 Å². The van der Waals surface area contributed by atoms with Gasteiger partial charge in [0, 0.05) is 19.3 Å². The fourth-order valence-electron chi connectivity index (χ4n) is 2.91. The molecule has 0 aromatic carbocycles. The number of hydrogen-bond acceptors (Lipinski definition) is 3. The van der Waals surface area contributed by atoms with Crippen molar-refractivity contribution in [3.63, 3.8) is 0 Å². The molecule has 3 heteroatoms. The van der Waals surface area contributed by atoms with E-state index in [1.807, 2.05) is 12.3 Å². The van der Waals surface area contributed by atoms with Crippen molar-refractivity contribution >= 4 is 5.82 Å². The Hall–Kier alpha value is -1.09. The topological polar surface area (TPSA) is 42.2 Å². The summed E-state index contributed by atoms with van der Waals surface area (Å²) >= 11 is 0. The summed E-state index contributed by atoms with van der Waals surface area (Å²) in [5.74, 6) is 2.09. The quantitative estimate of drug-likeness (QED) is 0.869. The van der Waals surface area contributed by atoms with Crippen molar-refractivity contribution in [2.45, 2.75) is 39.0 Å². The molecule has 0 saturated carbocycles. The van der Waals surface area contributed by atoms with Gasteiger partial charge in [-0.3, -0.25) is 0 Å². The normalized spacial score (nSPS) is 17.1. The van der Waals surface area contributed by atoms with E-state index in [2.05, 4.69) is 22.9 Å². The molecule has 0 bridgehead atoms. The van der Waals surface area contributed by atoms with Crippen molar-refractivity contribution < 1.29 is 0 Å². The molecule has 18 heavy (non-hydrogen) atoms. The maximum atomic E-state index is 5.67. The predicted octanol–water partition coefficient (Wildman–Crippen LogP) is 2.60. The van der Waals surface area contributed by atoms with E-state index in [0.29, 0.717) is 6.54 Å². The summed E-state index contributed by atoms with van der Waals surface area (Å²) in [7, 11) is 0. The number of hydrogen-bond donors (Lipinski definition) is 1. The third kappa shape index (κ3) is 3.22. The van der Waals surface area contributed by atoms with Crippen LogP contribution in [0, 0.1) is 5.92 Å². The van der Waals surface area contributed by atoms with Gasteiger partial charge in [-0.1, -0.05) is 25.8 Å². The average molecular weight is 247 g/mol. The van der Waals surface area contributed by atoms with Gasteiger partial charge in [0.2, 0.25) is 0 Å². The van der Waals surface area contributed by atoms with Gasteiger partial charge in [-0.05, 0) is 43.4 Å². The monoisotopic (exact) mass is 247 g/mol. The third-order valence-corrected chi connectivity index (χ3v) is 3.89. The van der Waals surface area contributed by atoms with Crippen LogP contribution in [-0.2, 0) is 6.42 Å². The number of rotatable bonds is 5. The summed E-state index contributed by atoms with van der Waals surface area (Å²) in [6.07, 6.45) is 8.14. The van der Waals surface area contributed by atoms with Crippen LogP contribution < -0.4 is 10.6 Å². The molecule has 3 nitrogen and oxygen atoms in total. The predicted molar refractivity (Wildman–Crippen MR) is 76.8 cm³/mol. The number of anilines is 1. The molecule has 0 aliphatic carbocycles. The molecule has 0 radical (unpaired) electrons. The second kappa shape index (κ2) is 6.74. The molecule has 1 aromatic rings. The summed E-state index contributed by atoms with van der Waals surface area (Å²) in [4.78, 5) is 7.00. The first-order chi connectivity index (χ1) is 8.85. The summed E-state index contributed by atoms with van der Waals surface area (Å²) in [5.41, 5.74) is 6.97. The zero-order valence-electron chi connectivity index (χ0n) is 11.4. The molecule has 1 aliphatic rings. The molecular weight excluding hydrogens is 222 g/mol. The largest absolute Gasteiger partial charge is 0.356 e. The van der Waals surface area contributed by atoms with E-state index in [9.17, 15) is 0 Å². The van der Waals surface area contributed by atoms with Crippen LogP contribution in [0.5, 0.6) is 0 Å². The first-order valence-corrected chi connectivity index (χ1v) is 7.24. The lowest BCUT2D eigenvalue weighted by Crippen LogP contribution is -2.35. The van der Waals surface area contributed by atoms with Crippen LogP contribution in [0.3, 0.4) is 0 Å². The Morgan fingerprint density at radius 2 is 2.17 bits per heavy atom. The molecule has 2 N–H and O–H groups in total. The van der Waals surface area contributed by atoms with Crippen molar-refractivity contribution in [3.8, 4) is 0 Å². The maximum Gasteiger partial charge on any atom is 0.131 e. The van der Waals surface area contributed by atoms with Crippen molar-refractivity contribution in [2.24, 2.45) is 11.7 Å². The zero-order valence-corrected chi connectivity index (χ0v) is 11.4. The van der Waals surface area contributed by atoms with Crippen LogP contribution in [0.1, 0.15) is 38.2 Å². The van der Waals surface area contributed by atoms with Crippen molar-refractivity contribution in [1.82, 2.24) is 4.98 Å². The van der Waals surface area contributed by atoms with Crippen molar-refractivity contribution in [2.75, 3.05) is 24.5 Å². The SMILES string of the molecule is CCCC1CCN(c2ncccc2CCN)CC1. The van der Waals surface area contributed by atoms with Crippen LogP contribution in [-0.4, -0.2) is 24.6 Å².